The van der Waals surface area contributed by atoms with Gasteiger partial charge in [-0.1, -0.05) is 90.1 Å². The van der Waals surface area contributed by atoms with Gasteiger partial charge in [0.1, 0.15) is 11.5 Å². The largest absolute Gasteiger partial charge is 0.507 e. The fourth-order valence-electron chi connectivity index (χ4n) is 4.63. The van der Waals surface area contributed by atoms with Gasteiger partial charge < -0.3 is 10.2 Å². The first-order chi connectivity index (χ1) is 15.4. The van der Waals surface area contributed by atoms with Gasteiger partial charge in [0.25, 0.3) is 0 Å². The number of benzene rings is 4. The minimum atomic E-state index is -0.212. The predicted molar refractivity (Wildman–Crippen MR) is 140 cm³/mol. The fourth-order valence-corrected chi connectivity index (χ4v) is 4.63. The molecule has 0 aliphatic heterocycles. The quantitative estimate of drug-likeness (QED) is 0.329. The van der Waals surface area contributed by atoms with Gasteiger partial charge in [-0.2, -0.15) is 0 Å². The minimum Gasteiger partial charge on any atom is -0.507 e. The van der Waals surface area contributed by atoms with Crippen molar-refractivity contribution in [1.29, 1.82) is 0 Å². The van der Waals surface area contributed by atoms with E-state index in [4.69, 9.17) is 0 Å². The van der Waals surface area contributed by atoms with Crippen LogP contribution in [0.25, 0.3) is 33.0 Å². The molecule has 0 spiro atoms. The number of hydrogen-bond acceptors (Lipinski definition) is 2. The molecule has 4 aromatic rings. The summed E-state index contributed by atoms with van der Waals surface area (Å²) in [5.41, 5.74) is 6.21. The molecule has 0 bridgehead atoms. The number of fused-ring (bicyclic) bond motifs is 1. The molecular formula is C31H34O2. The van der Waals surface area contributed by atoms with Gasteiger partial charge in [0.05, 0.1) is 0 Å². The highest BCUT2D eigenvalue weighted by molar-refractivity contribution is 5.97. The maximum atomic E-state index is 11.2. The third-order valence-electron chi connectivity index (χ3n) is 6.53. The Kier molecular flexibility index (Phi) is 5.52. The van der Waals surface area contributed by atoms with Gasteiger partial charge in [0.2, 0.25) is 0 Å². The summed E-state index contributed by atoms with van der Waals surface area (Å²) >= 11 is 0. The van der Waals surface area contributed by atoms with E-state index in [1.807, 2.05) is 37.3 Å². The second-order valence-electron chi connectivity index (χ2n) is 11.1. The molecule has 0 atom stereocenters. The molecule has 170 valence electrons. The highest BCUT2D eigenvalue weighted by Gasteiger charge is 2.27. The predicted octanol–water partition coefficient (Wildman–Crippen LogP) is 8.49. The standard InChI is InChI=1S/C31H34O2/c1-19-22-13-9-8-12-20(22)16-25(28(19)32)24-15-11-10-14-23(24)21-17-26(30(2,3)4)29(33)27(18-21)31(5,6)7/h8-18,32-33H,1-7H3. The lowest BCUT2D eigenvalue weighted by Gasteiger charge is -2.28. The summed E-state index contributed by atoms with van der Waals surface area (Å²) in [5, 5.41) is 24.5. The van der Waals surface area contributed by atoms with Crippen molar-refractivity contribution in [2.24, 2.45) is 0 Å². The molecule has 0 aromatic heterocycles. The highest BCUT2D eigenvalue weighted by Crippen LogP contribution is 2.45. The zero-order valence-corrected chi connectivity index (χ0v) is 20.7. The van der Waals surface area contributed by atoms with E-state index in [1.54, 1.807) is 0 Å². The highest BCUT2D eigenvalue weighted by atomic mass is 16.3. The van der Waals surface area contributed by atoms with Crippen molar-refractivity contribution in [3.8, 4) is 33.8 Å². The number of phenolic OH excluding ortho intramolecular Hbond substituents is 2. The van der Waals surface area contributed by atoms with Crippen LogP contribution in [0.2, 0.25) is 0 Å². The van der Waals surface area contributed by atoms with Crippen LogP contribution in [0.4, 0.5) is 0 Å². The van der Waals surface area contributed by atoms with Crippen LogP contribution in [-0.4, -0.2) is 10.2 Å². The zero-order valence-electron chi connectivity index (χ0n) is 20.7. The molecule has 0 amide bonds. The molecule has 0 saturated heterocycles. The molecule has 4 rings (SSSR count). The summed E-state index contributed by atoms with van der Waals surface area (Å²) in [6, 6.07) is 22.7. The maximum Gasteiger partial charge on any atom is 0.126 e. The Bertz CT molecular complexity index is 1310. The van der Waals surface area contributed by atoms with Crippen molar-refractivity contribution in [3.05, 3.63) is 83.4 Å². The van der Waals surface area contributed by atoms with E-state index >= 15 is 0 Å². The molecule has 0 unspecified atom stereocenters. The summed E-state index contributed by atoms with van der Waals surface area (Å²) in [6.45, 7) is 14.7. The van der Waals surface area contributed by atoms with E-state index in [9.17, 15) is 10.2 Å². The smallest absolute Gasteiger partial charge is 0.126 e. The first-order valence-corrected chi connectivity index (χ1v) is 11.6. The number of aryl methyl sites for hydroxylation is 1. The fraction of sp³-hybridized carbons (Fsp3) is 0.290. The van der Waals surface area contributed by atoms with Crippen LogP contribution in [0, 0.1) is 6.92 Å². The summed E-state index contributed by atoms with van der Waals surface area (Å²) in [6.07, 6.45) is 0. The molecular weight excluding hydrogens is 404 g/mol. The van der Waals surface area contributed by atoms with Crippen LogP contribution >= 0.6 is 0 Å². The average molecular weight is 439 g/mol. The lowest BCUT2D eigenvalue weighted by atomic mass is 9.77. The van der Waals surface area contributed by atoms with Crippen molar-refractivity contribution in [2.75, 3.05) is 0 Å². The van der Waals surface area contributed by atoms with Crippen molar-refractivity contribution in [3.63, 3.8) is 0 Å². The molecule has 0 aliphatic carbocycles. The van der Waals surface area contributed by atoms with Crippen molar-refractivity contribution in [1.82, 2.24) is 0 Å². The molecule has 0 fully saturated rings. The first kappa shape index (κ1) is 22.9. The number of aromatic hydroxyl groups is 2. The van der Waals surface area contributed by atoms with Crippen LogP contribution < -0.4 is 0 Å². The summed E-state index contributed by atoms with van der Waals surface area (Å²) in [7, 11) is 0. The van der Waals surface area contributed by atoms with Crippen LogP contribution in [-0.2, 0) is 10.8 Å². The number of rotatable bonds is 2. The molecule has 2 heteroatoms. The Morgan fingerprint density at radius 1 is 0.576 bits per heavy atom. The van der Waals surface area contributed by atoms with Gasteiger partial charge in [0, 0.05) is 16.7 Å². The molecule has 33 heavy (non-hydrogen) atoms. The minimum absolute atomic E-state index is 0.212. The number of phenols is 2. The Hall–Kier alpha value is -3.26. The van der Waals surface area contributed by atoms with Crippen LogP contribution in [0.15, 0.2) is 66.7 Å². The maximum absolute atomic E-state index is 11.2. The van der Waals surface area contributed by atoms with Gasteiger partial charge in [-0.3, -0.25) is 0 Å². The Morgan fingerprint density at radius 2 is 1.09 bits per heavy atom. The molecule has 0 radical (unpaired) electrons. The average Bonchev–Trinajstić information content (AvgIpc) is 2.75. The van der Waals surface area contributed by atoms with Gasteiger partial charge >= 0.3 is 0 Å². The van der Waals surface area contributed by atoms with E-state index in [2.05, 4.69) is 77.9 Å². The topological polar surface area (TPSA) is 40.5 Å². The second kappa shape index (κ2) is 7.95. The lowest BCUT2D eigenvalue weighted by Crippen LogP contribution is -2.17. The lowest BCUT2D eigenvalue weighted by molar-refractivity contribution is 0.423. The summed E-state index contributed by atoms with van der Waals surface area (Å²) in [5.74, 6) is 0.688. The van der Waals surface area contributed by atoms with E-state index in [1.165, 1.54) is 0 Å². The Morgan fingerprint density at radius 3 is 1.67 bits per heavy atom. The molecule has 2 nitrogen and oxygen atoms in total. The molecule has 0 heterocycles. The summed E-state index contributed by atoms with van der Waals surface area (Å²) < 4.78 is 0. The molecule has 4 aromatic carbocycles. The third kappa shape index (κ3) is 4.11. The summed E-state index contributed by atoms with van der Waals surface area (Å²) in [4.78, 5) is 0. The van der Waals surface area contributed by atoms with Gasteiger partial charge in [-0.15, -0.1) is 0 Å². The van der Waals surface area contributed by atoms with Crippen LogP contribution in [0.5, 0.6) is 11.5 Å². The van der Waals surface area contributed by atoms with Crippen molar-refractivity contribution < 1.29 is 10.2 Å². The SMILES string of the molecule is Cc1c(O)c(-c2ccccc2-c2cc(C(C)(C)C)c(O)c(C(C)(C)C)c2)cc2ccccc12. The Balaban J connectivity index is 2.04. The van der Waals surface area contributed by atoms with E-state index in [-0.39, 0.29) is 10.8 Å². The molecule has 2 N–H and O–H groups in total. The Labute approximate surface area is 197 Å². The van der Waals surface area contributed by atoms with Crippen LogP contribution in [0.1, 0.15) is 58.2 Å². The zero-order chi connectivity index (χ0) is 24.1. The van der Waals surface area contributed by atoms with E-state index in [0.29, 0.717) is 11.5 Å². The van der Waals surface area contributed by atoms with E-state index < -0.39 is 0 Å². The molecule has 0 saturated carbocycles. The first-order valence-electron chi connectivity index (χ1n) is 11.6. The van der Waals surface area contributed by atoms with Crippen molar-refractivity contribution >= 4 is 10.8 Å². The van der Waals surface area contributed by atoms with E-state index in [0.717, 1.165) is 49.7 Å². The number of hydrogen-bond donors (Lipinski definition) is 2. The van der Waals surface area contributed by atoms with Gasteiger partial charge in [0.15, 0.2) is 0 Å². The third-order valence-corrected chi connectivity index (χ3v) is 6.53. The van der Waals surface area contributed by atoms with Gasteiger partial charge in [-0.25, -0.2) is 0 Å². The monoisotopic (exact) mass is 438 g/mol. The van der Waals surface area contributed by atoms with Crippen molar-refractivity contribution in [2.45, 2.75) is 59.3 Å². The second-order valence-corrected chi connectivity index (χ2v) is 11.1. The van der Waals surface area contributed by atoms with Gasteiger partial charge in [-0.05, 0) is 69.0 Å². The normalized spacial score (nSPS) is 12.3. The van der Waals surface area contributed by atoms with Crippen LogP contribution in [0.3, 0.4) is 0 Å². The molecule has 0 aliphatic rings.